The lowest BCUT2D eigenvalue weighted by Gasteiger charge is -2.40. The van der Waals surface area contributed by atoms with Crippen molar-refractivity contribution in [1.82, 2.24) is 4.48 Å². The summed E-state index contributed by atoms with van der Waals surface area (Å²) in [4.78, 5) is 5.04. The van der Waals surface area contributed by atoms with Crippen LogP contribution < -0.4 is 20.9 Å². The van der Waals surface area contributed by atoms with E-state index in [-0.39, 0.29) is 28.5 Å². The highest BCUT2D eigenvalue weighted by Gasteiger charge is 2.47. The molecule has 4 heterocycles. The van der Waals surface area contributed by atoms with Crippen LogP contribution in [-0.2, 0) is 21.7 Å². The predicted molar refractivity (Wildman–Crippen MR) is 356 cm³/mol. The van der Waals surface area contributed by atoms with E-state index < -0.39 is 0 Å². The third-order valence-corrected chi connectivity index (χ3v) is 17.8. The molecule has 0 fully saturated rings. The Kier molecular flexibility index (Phi) is 11.9. The van der Waals surface area contributed by atoms with Crippen molar-refractivity contribution in [2.24, 2.45) is 0 Å². The molecule has 2 aliphatic heterocycles. The first-order valence-electron chi connectivity index (χ1n) is 29.7. The van der Waals surface area contributed by atoms with Gasteiger partial charge in [-0.3, -0.25) is 0 Å². The van der Waals surface area contributed by atoms with Crippen LogP contribution in [0.2, 0.25) is 0 Å². The molecule has 10 aromatic carbocycles. The number of aromatic nitrogens is 1. The molecule has 12 aromatic rings. The van der Waals surface area contributed by atoms with E-state index in [1.807, 2.05) is 0 Å². The number of rotatable bonds is 7. The third-order valence-electron chi connectivity index (χ3n) is 17.8. The lowest BCUT2D eigenvalue weighted by atomic mass is 9.47. The molecule has 0 radical (unpaired) electrons. The fraction of sp³-hybridized carbons (Fsp3) is 0.205. The Labute approximate surface area is 490 Å². The molecular formula is C78H72BN3O. The first kappa shape index (κ1) is 52.3. The maximum atomic E-state index is 7.60. The summed E-state index contributed by atoms with van der Waals surface area (Å²) >= 11 is 0. The second kappa shape index (κ2) is 18.9. The molecule has 5 heteroatoms. The second-order valence-electron chi connectivity index (χ2n) is 27.5. The summed E-state index contributed by atoms with van der Waals surface area (Å²) in [6.45, 7) is 27.5. The van der Waals surface area contributed by atoms with Crippen LogP contribution in [-0.4, -0.2) is 11.3 Å². The number of fused-ring (bicyclic) bond motifs is 9. The molecular weight excluding hydrogens is 1010 g/mol. The summed E-state index contributed by atoms with van der Waals surface area (Å²) in [5.74, 6) is 0. The summed E-state index contributed by atoms with van der Waals surface area (Å²) in [6, 6.07) is 82.2. The highest BCUT2D eigenvalue weighted by atomic mass is 16.3. The van der Waals surface area contributed by atoms with E-state index in [9.17, 15) is 0 Å². The number of benzene rings is 10. The minimum Gasteiger partial charge on any atom is -0.466 e. The molecule has 408 valence electrons. The number of hydrogen-bond acceptors (Lipinski definition) is 3. The van der Waals surface area contributed by atoms with Gasteiger partial charge in [-0.05, 0) is 161 Å². The molecule has 0 N–H and O–H groups in total. The molecule has 2 aliphatic rings. The molecule has 0 unspecified atom stereocenters. The van der Waals surface area contributed by atoms with Crippen molar-refractivity contribution in [3.63, 3.8) is 0 Å². The molecule has 14 rings (SSSR count). The third kappa shape index (κ3) is 8.73. The zero-order chi connectivity index (χ0) is 57.5. The maximum Gasteiger partial charge on any atom is 0.375 e. The SMILES string of the molecule is CC(C)(C)c1ccc(-c2ccc3oc4c(c3c2)N(c2ccc(C(C)(C)C)cc2)c2cc(C(C)(C)C)cc3c2B4n2c4ccc(C(C)(C)C)cc4c4c(N(c5ccc(-c6ccccc6)cc5)c5ccc(-c6ccccc6)cc5)ccc-3c42)cc1. The van der Waals surface area contributed by atoms with Crippen molar-refractivity contribution in [3.8, 4) is 44.5 Å². The first-order valence-corrected chi connectivity index (χ1v) is 29.7. The quantitative estimate of drug-likeness (QED) is 0.149. The van der Waals surface area contributed by atoms with Crippen LogP contribution in [0.4, 0.5) is 34.1 Å². The lowest BCUT2D eigenvalue weighted by molar-refractivity contribution is 0.590. The highest BCUT2D eigenvalue weighted by molar-refractivity contribution is 6.89. The van der Waals surface area contributed by atoms with E-state index in [2.05, 4.69) is 316 Å². The lowest BCUT2D eigenvalue weighted by Crippen LogP contribution is -2.56. The topological polar surface area (TPSA) is 24.6 Å². The monoisotopic (exact) mass is 1080 g/mol. The minimum atomic E-state index is -0.303. The normalized spacial score (nSPS) is 13.3. The summed E-state index contributed by atoms with van der Waals surface area (Å²) in [7, 11) is 0. The second-order valence-corrected chi connectivity index (χ2v) is 27.5. The molecule has 0 bridgehead atoms. The van der Waals surface area contributed by atoms with E-state index in [1.165, 1.54) is 94.2 Å². The van der Waals surface area contributed by atoms with Crippen LogP contribution in [0.15, 0.2) is 223 Å². The molecule has 0 atom stereocenters. The zero-order valence-corrected chi connectivity index (χ0v) is 50.1. The van der Waals surface area contributed by atoms with E-state index in [4.69, 9.17) is 4.42 Å². The Hall–Kier alpha value is -8.80. The summed E-state index contributed by atoms with van der Waals surface area (Å²) in [5.41, 5.74) is 26.7. The van der Waals surface area contributed by atoms with Crippen LogP contribution in [0.1, 0.15) is 105 Å². The van der Waals surface area contributed by atoms with Crippen molar-refractivity contribution in [1.29, 1.82) is 0 Å². The number of nitrogens with zero attached hydrogens (tertiary/aromatic N) is 3. The summed E-state index contributed by atoms with van der Waals surface area (Å²) in [5, 5.41) is 3.53. The zero-order valence-electron chi connectivity index (χ0n) is 50.1. The van der Waals surface area contributed by atoms with Gasteiger partial charge in [0, 0.05) is 55.5 Å². The molecule has 83 heavy (non-hydrogen) atoms. The van der Waals surface area contributed by atoms with Crippen molar-refractivity contribution >= 4 is 84.9 Å². The van der Waals surface area contributed by atoms with Gasteiger partial charge >= 0.3 is 6.85 Å². The first-order chi connectivity index (χ1) is 39.7. The van der Waals surface area contributed by atoms with Gasteiger partial charge in [-0.15, -0.1) is 0 Å². The van der Waals surface area contributed by atoms with E-state index >= 15 is 0 Å². The van der Waals surface area contributed by atoms with Gasteiger partial charge in [0.1, 0.15) is 11.2 Å². The van der Waals surface area contributed by atoms with E-state index in [1.54, 1.807) is 0 Å². The number of hydrogen-bond donors (Lipinski definition) is 0. The molecule has 0 amide bonds. The van der Waals surface area contributed by atoms with Crippen molar-refractivity contribution in [2.45, 2.75) is 105 Å². The number of anilines is 6. The van der Waals surface area contributed by atoms with Crippen LogP contribution >= 0.6 is 0 Å². The fourth-order valence-corrected chi connectivity index (χ4v) is 13.1. The minimum absolute atomic E-state index is 0.00907. The highest BCUT2D eigenvalue weighted by Crippen LogP contribution is 2.53. The number of furan rings is 1. The van der Waals surface area contributed by atoms with Gasteiger partial charge in [0.25, 0.3) is 0 Å². The van der Waals surface area contributed by atoms with Crippen LogP contribution in [0.3, 0.4) is 0 Å². The van der Waals surface area contributed by atoms with Gasteiger partial charge in [-0.2, -0.15) is 0 Å². The van der Waals surface area contributed by atoms with E-state index in [0.717, 1.165) is 50.6 Å². The average Bonchev–Trinajstić information content (AvgIpc) is 1.79. The molecule has 0 spiro atoms. The summed E-state index contributed by atoms with van der Waals surface area (Å²) in [6.07, 6.45) is 0. The smallest absolute Gasteiger partial charge is 0.375 e. The summed E-state index contributed by atoms with van der Waals surface area (Å²) < 4.78 is 10.3. The standard InChI is InChI=1S/C78H72BN3O/c1-75(2,3)55-30-23-53(24-31-55)54-29-44-69-65(45-54)73-74(83-69)79-71-63(47-58(78(10,11)12)48-68(71)81(73)61-39-32-56(33-40-61)76(4,5)6)62-41-43-67(70-64-46-57(77(7,8)9)34-42-66(64)82(79)72(62)70)80(59-35-25-51(26-36-59)49-19-15-13-16-20-49)60-37-27-52(28-38-60)50-21-17-14-18-22-50/h13-48H,1-12H3. The predicted octanol–water partition coefficient (Wildman–Crippen LogP) is 20.6. The van der Waals surface area contributed by atoms with Crippen LogP contribution in [0, 0.1) is 0 Å². The largest absolute Gasteiger partial charge is 0.466 e. The maximum absolute atomic E-state index is 7.60. The van der Waals surface area contributed by atoms with Gasteiger partial charge in [-0.1, -0.05) is 229 Å². The molecule has 4 nitrogen and oxygen atoms in total. The van der Waals surface area contributed by atoms with Gasteiger partial charge in [0.15, 0.2) is 0 Å². The Morgan fingerprint density at radius 3 is 1.45 bits per heavy atom. The van der Waals surface area contributed by atoms with Gasteiger partial charge in [0.2, 0.25) is 0 Å². The molecule has 0 saturated carbocycles. The Bertz CT molecular complexity index is 4400. The van der Waals surface area contributed by atoms with Crippen molar-refractivity contribution in [3.05, 3.63) is 241 Å². The Morgan fingerprint density at radius 2 is 0.892 bits per heavy atom. The van der Waals surface area contributed by atoms with Gasteiger partial charge < -0.3 is 18.7 Å². The van der Waals surface area contributed by atoms with E-state index in [0.29, 0.717) is 0 Å². The van der Waals surface area contributed by atoms with Crippen molar-refractivity contribution in [2.75, 3.05) is 9.80 Å². The average molecular weight is 1080 g/mol. The van der Waals surface area contributed by atoms with Crippen molar-refractivity contribution < 1.29 is 4.42 Å². The fourth-order valence-electron chi connectivity index (χ4n) is 13.1. The molecule has 2 aromatic heterocycles. The Morgan fingerprint density at radius 1 is 0.398 bits per heavy atom. The van der Waals surface area contributed by atoms with Crippen LogP contribution in [0.5, 0.6) is 0 Å². The molecule has 0 aliphatic carbocycles. The molecule has 0 saturated heterocycles. The van der Waals surface area contributed by atoms with Gasteiger partial charge in [-0.25, -0.2) is 0 Å². The van der Waals surface area contributed by atoms with Crippen LogP contribution in [0.25, 0.3) is 77.3 Å². The Balaban J connectivity index is 1.08. The van der Waals surface area contributed by atoms with Gasteiger partial charge in [0.05, 0.1) is 11.4 Å².